The number of nitrogens with zero attached hydrogens (tertiary/aromatic N) is 2. The van der Waals surface area contributed by atoms with E-state index < -0.39 is 0 Å². The third kappa shape index (κ3) is 1.86. The van der Waals surface area contributed by atoms with Crippen LogP contribution in [-0.2, 0) is 4.74 Å². The summed E-state index contributed by atoms with van der Waals surface area (Å²) < 4.78 is 5.71. The standard InChI is InChI=1S/C15H16N2O/c1-10(2)13-9-18-15(17-13)14-12-6-4-3-5-11(12)7-8-16-14/h3-8,10,13H,9H2,1-2H3/t13-/m0/s1. The quantitative estimate of drug-likeness (QED) is 0.808. The van der Waals surface area contributed by atoms with Gasteiger partial charge in [0.15, 0.2) is 0 Å². The largest absolute Gasteiger partial charge is 0.474 e. The highest BCUT2D eigenvalue weighted by Gasteiger charge is 2.24. The molecule has 1 aromatic carbocycles. The summed E-state index contributed by atoms with van der Waals surface area (Å²) >= 11 is 0. The zero-order chi connectivity index (χ0) is 12.5. The van der Waals surface area contributed by atoms with Gasteiger partial charge in [-0.2, -0.15) is 0 Å². The van der Waals surface area contributed by atoms with Crippen LogP contribution in [0.2, 0.25) is 0 Å². The van der Waals surface area contributed by atoms with E-state index in [1.807, 2.05) is 24.4 Å². The molecule has 0 aliphatic carbocycles. The molecule has 0 amide bonds. The minimum absolute atomic E-state index is 0.251. The second-order valence-corrected chi connectivity index (χ2v) is 4.94. The van der Waals surface area contributed by atoms with E-state index >= 15 is 0 Å². The maximum absolute atomic E-state index is 5.71. The molecule has 0 fully saturated rings. The Morgan fingerprint density at radius 3 is 2.83 bits per heavy atom. The van der Waals surface area contributed by atoms with Crippen LogP contribution < -0.4 is 0 Å². The fraction of sp³-hybridized carbons (Fsp3) is 0.333. The molecule has 0 unspecified atom stereocenters. The topological polar surface area (TPSA) is 34.5 Å². The number of fused-ring (bicyclic) bond motifs is 1. The van der Waals surface area contributed by atoms with Crippen molar-refractivity contribution in [3.63, 3.8) is 0 Å². The van der Waals surface area contributed by atoms with Gasteiger partial charge in [-0.05, 0) is 17.4 Å². The lowest BCUT2D eigenvalue weighted by Gasteiger charge is -2.06. The van der Waals surface area contributed by atoms with E-state index in [9.17, 15) is 0 Å². The van der Waals surface area contributed by atoms with Gasteiger partial charge in [0.05, 0.1) is 6.04 Å². The monoisotopic (exact) mass is 240 g/mol. The fourth-order valence-corrected chi connectivity index (χ4v) is 2.15. The lowest BCUT2D eigenvalue weighted by molar-refractivity contribution is 0.291. The summed E-state index contributed by atoms with van der Waals surface area (Å²) in [7, 11) is 0. The zero-order valence-corrected chi connectivity index (χ0v) is 10.6. The number of aromatic nitrogens is 1. The highest BCUT2D eigenvalue weighted by Crippen LogP contribution is 2.22. The van der Waals surface area contributed by atoms with Crippen molar-refractivity contribution in [1.82, 2.24) is 4.98 Å². The van der Waals surface area contributed by atoms with E-state index in [0.717, 1.165) is 11.1 Å². The normalized spacial score (nSPS) is 19.1. The van der Waals surface area contributed by atoms with Gasteiger partial charge in [0.1, 0.15) is 12.3 Å². The van der Waals surface area contributed by atoms with Crippen LogP contribution in [-0.4, -0.2) is 23.5 Å². The van der Waals surface area contributed by atoms with E-state index in [0.29, 0.717) is 18.4 Å². The summed E-state index contributed by atoms with van der Waals surface area (Å²) in [6.45, 7) is 4.99. The molecule has 2 aromatic rings. The van der Waals surface area contributed by atoms with E-state index in [-0.39, 0.29) is 6.04 Å². The van der Waals surface area contributed by atoms with Gasteiger partial charge >= 0.3 is 0 Å². The Morgan fingerprint density at radius 2 is 2.06 bits per heavy atom. The van der Waals surface area contributed by atoms with Crippen LogP contribution in [0.1, 0.15) is 19.5 Å². The summed E-state index contributed by atoms with van der Waals surface area (Å²) in [5.41, 5.74) is 0.858. The van der Waals surface area contributed by atoms with Crippen molar-refractivity contribution in [2.45, 2.75) is 19.9 Å². The van der Waals surface area contributed by atoms with Gasteiger partial charge in [-0.15, -0.1) is 0 Å². The van der Waals surface area contributed by atoms with Crippen LogP contribution in [0, 0.1) is 5.92 Å². The van der Waals surface area contributed by atoms with Gasteiger partial charge in [0.2, 0.25) is 5.90 Å². The molecule has 3 rings (SSSR count). The molecule has 0 radical (unpaired) electrons. The molecular weight excluding hydrogens is 224 g/mol. The molecule has 1 aromatic heterocycles. The Labute approximate surface area is 107 Å². The molecule has 3 nitrogen and oxygen atoms in total. The van der Waals surface area contributed by atoms with Gasteiger partial charge < -0.3 is 4.74 Å². The highest BCUT2D eigenvalue weighted by molar-refractivity contribution is 6.05. The first-order valence-corrected chi connectivity index (χ1v) is 6.30. The lowest BCUT2D eigenvalue weighted by atomic mass is 10.1. The van der Waals surface area contributed by atoms with Crippen LogP contribution in [0.4, 0.5) is 0 Å². The molecule has 0 bridgehead atoms. The van der Waals surface area contributed by atoms with Gasteiger partial charge in [-0.1, -0.05) is 38.1 Å². The molecule has 1 atom stereocenters. The number of hydrogen-bond donors (Lipinski definition) is 0. The molecule has 0 N–H and O–H groups in total. The first-order chi connectivity index (χ1) is 8.75. The molecule has 2 heterocycles. The average Bonchev–Trinajstić information content (AvgIpc) is 2.87. The first kappa shape index (κ1) is 11.2. The fourth-order valence-electron chi connectivity index (χ4n) is 2.15. The molecule has 0 spiro atoms. The van der Waals surface area contributed by atoms with Crippen molar-refractivity contribution < 1.29 is 4.74 Å². The molecule has 18 heavy (non-hydrogen) atoms. The van der Waals surface area contributed by atoms with E-state index in [4.69, 9.17) is 4.74 Å². The molecule has 92 valence electrons. The van der Waals surface area contributed by atoms with Crippen molar-refractivity contribution in [1.29, 1.82) is 0 Å². The maximum Gasteiger partial charge on any atom is 0.236 e. The Morgan fingerprint density at radius 1 is 1.22 bits per heavy atom. The number of rotatable bonds is 2. The van der Waals surface area contributed by atoms with Crippen LogP contribution in [0.5, 0.6) is 0 Å². The van der Waals surface area contributed by atoms with Crippen molar-refractivity contribution in [2.24, 2.45) is 10.9 Å². The minimum atomic E-state index is 0.251. The Balaban J connectivity index is 2.08. The smallest absolute Gasteiger partial charge is 0.236 e. The van der Waals surface area contributed by atoms with Crippen molar-refractivity contribution >= 4 is 16.7 Å². The summed E-state index contributed by atoms with van der Waals surface area (Å²) in [5.74, 6) is 1.18. The van der Waals surface area contributed by atoms with E-state index in [2.05, 4.69) is 36.0 Å². The van der Waals surface area contributed by atoms with Crippen LogP contribution >= 0.6 is 0 Å². The van der Waals surface area contributed by atoms with Crippen LogP contribution in [0.15, 0.2) is 41.5 Å². The molecule has 1 aliphatic heterocycles. The molecular formula is C15H16N2O. The molecule has 3 heteroatoms. The second-order valence-electron chi connectivity index (χ2n) is 4.94. The van der Waals surface area contributed by atoms with Gasteiger partial charge in [-0.25, -0.2) is 4.99 Å². The summed E-state index contributed by atoms with van der Waals surface area (Å²) in [6.07, 6.45) is 1.81. The van der Waals surface area contributed by atoms with Gasteiger partial charge in [0, 0.05) is 11.6 Å². The number of ether oxygens (including phenoxy) is 1. The third-order valence-corrected chi connectivity index (χ3v) is 3.32. The lowest BCUT2D eigenvalue weighted by Crippen LogP contribution is -2.13. The number of pyridine rings is 1. The predicted molar refractivity (Wildman–Crippen MR) is 72.9 cm³/mol. The number of hydrogen-bond acceptors (Lipinski definition) is 3. The maximum atomic E-state index is 5.71. The molecule has 0 saturated heterocycles. The van der Waals surface area contributed by atoms with Crippen LogP contribution in [0.3, 0.4) is 0 Å². The predicted octanol–water partition coefficient (Wildman–Crippen LogP) is 3.04. The number of aliphatic imine (C=N–C) groups is 1. The SMILES string of the molecule is CC(C)[C@@H]1COC(c2nccc3ccccc23)=N1. The third-order valence-electron chi connectivity index (χ3n) is 3.32. The Kier molecular flexibility index (Phi) is 2.74. The Bertz CT molecular complexity index is 599. The second kappa shape index (κ2) is 4.41. The zero-order valence-electron chi connectivity index (χ0n) is 10.6. The average molecular weight is 240 g/mol. The van der Waals surface area contributed by atoms with Gasteiger partial charge in [0.25, 0.3) is 0 Å². The molecule has 1 aliphatic rings. The van der Waals surface area contributed by atoms with E-state index in [1.54, 1.807) is 0 Å². The Hall–Kier alpha value is -1.90. The summed E-state index contributed by atoms with van der Waals surface area (Å²) in [6, 6.07) is 10.4. The minimum Gasteiger partial charge on any atom is -0.474 e. The highest BCUT2D eigenvalue weighted by atomic mass is 16.5. The van der Waals surface area contributed by atoms with Crippen molar-refractivity contribution in [3.05, 3.63) is 42.2 Å². The van der Waals surface area contributed by atoms with Crippen molar-refractivity contribution in [3.8, 4) is 0 Å². The first-order valence-electron chi connectivity index (χ1n) is 6.30. The van der Waals surface area contributed by atoms with E-state index in [1.165, 1.54) is 5.39 Å². The van der Waals surface area contributed by atoms with Crippen LogP contribution in [0.25, 0.3) is 10.8 Å². The molecule has 0 saturated carbocycles. The number of benzene rings is 1. The van der Waals surface area contributed by atoms with Gasteiger partial charge in [-0.3, -0.25) is 4.98 Å². The summed E-state index contributed by atoms with van der Waals surface area (Å²) in [5, 5.41) is 2.27. The van der Waals surface area contributed by atoms with Crippen molar-refractivity contribution in [2.75, 3.05) is 6.61 Å². The summed E-state index contributed by atoms with van der Waals surface area (Å²) in [4.78, 5) is 9.07.